The Hall–Kier alpha value is -1.59. The molecule has 0 fully saturated rings. The highest BCUT2D eigenvalue weighted by Gasteiger charge is 2.17. The number of fused-ring (bicyclic) bond motifs is 1. The van der Waals surface area contributed by atoms with Crippen molar-refractivity contribution in [2.45, 2.75) is 65.6 Å². The van der Waals surface area contributed by atoms with Crippen LogP contribution in [0.5, 0.6) is 0 Å². The van der Waals surface area contributed by atoms with Crippen molar-refractivity contribution in [3.8, 4) is 0 Å². The van der Waals surface area contributed by atoms with Crippen LogP contribution in [0.4, 0.5) is 0 Å². The molecule has 0 saturated carbocycles. The zero-order valence-corrected chi connectivity index (χ0v) is 13.7. The molecule has 0 saturated heterocycles. The largest absolute Gasteiger partial charge is 0.354 e. The molecule has 1 aliphatic rings. The molecule has 2 heterocycles. The van der Waals surface area contributed by atoms with Crippen molar-refractivity contribution in [3.05, 3.63) is 11.6 Å². The van der Waals surface area contributed by atoms with Gasteiger partial charge in [0.1, 0.15) is 5.82 Å². The van der Waals surface area contributed by atoms with Crippen molar-refractivity contribution < 1.29 is 0 Å². The Kier molecular flexibility index (Phi) is 5.59. The quantitative estimate of drug-likeness (QED) is 0.619. The van der Waals surface area contributed by atoms with Gasteiger partial charge in [0.15, 0.2) is 11.8 Å². The fourth-order valence-electron chi connectivity index (χ4n) is 2.59. The van der Waals surface area contributed by atoms with Gasteiger partial charge in [-0.2, -0.15) is 0 Å². The van der Waals surface area contributed by atoms with E-state index in [4.69, 9.17) is 0 Å². The molecule has 0 amide bonds. The van der Waals surface area contributed by atoms with E-state index in [9.17, 15) is 0 Å². The second-order valence-corrected chi connectivity index (χ2v) is 6.23. The predicted octanol–water partition coefficient (Wildman–Crippen LogP) is 1.71. The molecule has 0 aromatic carbocycles. The maximum atomic E-state index is 4.29. The average molecular weight is 292 g/mol. The minimum Gasteiger partial charge on any atom is -0.354 e. The van der Waals surface area contributed by atoms with E-state index in [1.807, 2.05) is 0 Å². The van der Waals surface area contributed by atoms with Crippen LogP contribution in [-0.4, -0.2) is 33.8 Å². The summed E-state index contributed by atoms with van der Waals surface area (Å²) in [6.45, 7) is 8.42. The molecule has 0 radical (unpaired) electrons. The standard InChI is InChI=1S/C15H28N6/c1-11(2)7-8-12(3)18-15(16-4)17-10-14-20-19-13-6-5-9-21(13)14/h11-12H,5-10H2,1-4H3,(H2,16,17,18). The summed E-state index contributed by atoms with van der Waals surface area (Å²) < 4.78 is 2.21. The SMILES string of the molecule is CN=C(NCc1nnc2n1CCC2)NC(C)CCC(C)C. The highest BCUT2D eigenvalue weighted by molar-refractivity contribution is 5.79. The van der Waals surface area contributed by atoms with E-state index < -0.39 is 0 Å². The van der Waals surface area contributed by atoms with Gasteiger partial charge in [0.25, 0.3) is 0 Å². The van der Waals surface area contributed by atoms with Gasteiger partial charge in [-0.3, -0.25) is 4.99 Å². The summed E-state index contributed by atoms with van der Waals surface area (Å²) >= 11 is 0. The number of aryl methyl sites for hydroxylation is 1. The first-order valence-corrected chi connectivity index (χ1v) is 7.98. The molecule has 2 N–H and O–H groups in total. The van der Waals surface area contributed by atoms with E-state index in [2.05, 4.69) is 51.2 Å². The first kappa shape index (κ1) is 15.8. The number of guanidine groups is 1. The zero-order chi connectivity index (χ0) is 15.2. The summed E-state index contributed by atoms with van der Waals surface area (Å²) in [5.74, 6) is 3.68. The maximum Gasteiger partial charge on any atom is 0.191 e. The third-order valence-corrected chi connectivity index (χ3v) is 3.88. The van der Waals surface area contributed by atoms with Crippen molar-refractivity contribution in [2.24, 2.45) is 10.9 Å². The lowest BCUT2D eigenvalue weighted by atomic mass is 10.0. The van der Waals surface area contributed by atoms with Gasteiger partial charge >= 0.3 is 0 Å². The molecule has 0 spiro atoms. The molecule has 2 rings (SSSR count). The molecule has 21 heavy (non-hydrogen) atoms. The monoisotopic (exact) mass is 292 g/mol. The molecule has 6 heteroatoms. The minimum atomic E-state index is 0.419. The lowest BCUT2D eigenvalue weighted by Gasteiger charge is -2.18. The molecular weight excluding hydrogens is 264 g/mol. The van der Waals surface area contributed by atoms with E-state index in [0.29, 0.717) is 12.6 Å². The van der Waals surface area contributed by atoms with Gasteiger partial charge in [0.05, 0.1) is 6.54 Å². The number of nitrogens with zero attached hydrogens (tertiary/aromatic N) is 4. The second kappa shape index (κ2) is 7.43. The van der Waals surface area contributed by atoms with Crippen molar-refractivity contribution in [3.63, 3.8) is 0 Å². The summed E-state index contributed by atoms with van der Waals surface area (Å²) in [6, 6.07) is 0.419. The summed E-state index contributed by atoms with van der Waals surface area (Å²) in [5.41, 5.74) is 0. The number of aromatic nitrogens is 3. The summed E-state index contributed by atoms with van der Waals surface area (Å²) in [6.07, 6.45) is 4.60. The molecule has 1 aliphatic heterocycles. The van der Waals surface area contributed by atoms with Crippen molar-refractivity contribution in [1.82, 2.24) is 25.4 Å². The van der Waals surface area contributed by atoms with Crippen LogP contribution in [-0.2, 0) is 19.5 Å². The van der Waals surface area contributed by atoms with Crippen LogP contribution in [0.1, 0.15) is 51.7 Å². The average Bonchev–Trinajstić information content (AvgIpc) is 3.04. The molecule has 1 atom stereocenters. The van der Waals surface area contributed by atoms with Gasteiger partial charge in [-0.1, -0.05) is 13.8 Å². The van der Waals surface area contributed by atoms with Crippen LogP contribution in [0.15, 0.2) is 4.99 Å². The van der Waals surface area contributed by atoms with Crippen LogP contribution in [0.2, 0.25) is 0 Å². The third-order valence-electron chi connectivity index (χ3n) is 3.88. The van der Waals surface area contributed by atoms with Crippen molar-refractivity contribution in [1.29, 1.82) is 0 Å². The fourth-order valence-corrected chi connectivity index (χ4v) is 2.59. The number of aliphatic imine (C=N–C) groups is 1. The maximum absolute atomic E-state index is 4.29. The van der Waals surface area contributed by atoms with E-state index in [1.54, 1.807) is 7.05 Å². The van der Waals surface area contributed by atoms with Gasteiger partial charge in [-0.25, -0.2) is 0 Å². The molecule has 0 bridgehead atoms. The van der Waals surface area contributed by atoms with Crippen LogP contribution >= 0.6 is 0 Å². The fraction of sp³-hybridized carbons (Fsp3) is 0.800. The number of rotatable bonds is 6. The van der Waals surface area contributed by atoms with Crippen LogP contribution in [0.3, 0.4) is 0 Å². The molecule has 0 aliphatic carbocycles. The third kappa shape index (κ3) is 4.44. The highest BCUT2D eigenvalue weighted by atomic mass is 15.3. The Morgan fingerprint density at radius 2 is 2.10 bits per heavy atom. The van der Waals surface area contributed by atoms with E-state index >= 15 is 0 Å². The highest BCUT2D eigenvalue weighted by Crippen LogP contribution is 2.13. The van der Waals surface area contributed by atoms with Crippen LogP contribution in [0, 0.1) is 5.92 Å². The Labute approximate surface area is 127 Å². The van der Waals surface area contributed by atoms with Crippen LogP contribution < -0.4 is 10.6 Å². The Morgan fingerprint density at radius 1 is 1.29 bits per heavy atom. The van der Waals surface area contributed by atoms with Crippen LogP contribution in [0.25, 0.3) is 0 Å². The van der Waals surface area contributed by atoms with Gasteiger partial charge in [-0.15, -0.1) is 10.2 Å². The predicted molar refractivity (Wildman–Crippen MR) is 85.2 cm³/mol. The lowest BCUT2D eigenvalue weighted by Crippen LogP contribution is -2.42. The minimum absolute atomic E-state index is 0.419. The Morgan fingerprint density at radius 3 is 2.81 bits per heavy atom. The van der Waals surface area contributed by atoms with Crippen molar-refractivity contribution in [2.75, 3.05) is 7.05 Å². The first-order chi connectivity index (χ1) is 10.1. The van der Waals surface area contributed by atoms with Gasteiger partial charge in [0.2, 0.25) is 0 Å². The topological polar surface area (TPSA) is 67.1 Å². The van der Waals surface area contributed by atoms with Gasteiger partial charge in [0, 0.05) is 26.1 Å². The van der Waals surface area contributed by atoms with E-state index in [-0.39, 0.29) is 0 Å². The van der Waals surface area contributed by atoms with Crippen molar-refractivity contribution >= 4 is 5.96 Å². The first-order valence-electron chi connectivity index (χ1n) is 7.98. The molecule has 118 valence electrons. The molecular formula is C15H28N6. The Bertz CT molecular complexity index is 477. The van der Waals surface area contributed by atoms with E-state index in [1.165, 1.54) is 12.8 Å². The number of hydrogen-bond donors (Lipinski definition) is 2. The molecule has 6 nitrogen and oxygen atoms in total. The molecule has 1 aromatic rings. The lowest BCUT2D eigenvalue weighted by molar-refractivity contribution is 0.488. The van der Waals surface area contributed by atoms with Gasteiger partial charge < -0.3 is 15.2 Å². The molecule has 1 unspecified atom stereocenters. The number of hydrogen-bond acceptors (Lipinski definition) is 3. The summed E-state index contributed by atoms with van der Waals surface area (Å²) in [4.78, 5) is 4.29. The summed E-state index contributed by atoms with van der Waals surface area (Å²) in [7, 11) is 1.80. The van der Waals surface area contributed by atoms with Gasteiger partial charge in [-0.05, 0) is 32.1 Å². The van der Waals surface area contributed by atoms with E-state index in [0.717, 1.165) is 42.9 Å². The summed E-state index contributed by atoms with van der Waals surface area (Å²) in [5, 5.41) is 15.2. The second-order valence-electron chi connectivity index (χ2n) is 6.23. The number of nitrogens with one attached hydrogen (secondary N) is 2. The zero-order valence-electron chi connectivity index (χ0n) is 13.7. The smallest absolute Gasteiger partial charge is 0.191 e. The molecule has 1 aromatic heterocycles. The normalized spacial score (nSPS) is 16.1. The Balaban J connectivity index is 1.80.